The number of aromatic nitrogens is 3. The van der Waals surface area contributed by atoms with Crippen molar-refractivity contribution in [2.45, 2.75) is 20.0 Å². The molecule has 4 nitrogen and oxygen atoms in total. The van der Waals surface area contributed by atoms with Crippen LogP contribution in [-0.4, -0.2) is 20.3 Å². The van der Waals surface area contributed by atoms with Gasteiger partial charge in [0.25, 0.3) is 0 Å². The average Bonchev–Trinajstić information content (AvgIpc) is 2.48. The maximum absolute atomic E-state index is 10.7. The predicted molar refractivity (Wildman–Crippen MR) is 77.3 cm³/mol. The lowest BCUT2D eigenvalue weighted by atomic mass is 9.97. The molecular formula is C16H15N3O. The summed E-state index contributed by atoms with van der Waals surface area (Å²) >= 11 is 0. The van der Waals surface area contributed by atoms with Crippen LogP contribution in [0.3, 0.4) is 0 Å². The lowest BCUT2D eigenvalue weighted by molar-refractivity contribution is 0.219. The molecule has 3 aromatic rings. The van der Waals surface area contributed by atoms with E-state index in [9.17, 15) is 5.11 Å². The van der Waals surface area contributed by atoms with Crippen LogP contribution >= 0.6 is 0 Å². The maximum atomic E-state index is 10.7. The van der Waals surface area contributed by atoms with E-state index in [1.807, 2.05) is 44.2 Å². The summed E-state index contributed by atoms with van der Waals surface area (Å²) in [6.45, 7) is 3.72. The van der Waals surface area contributed by atoms with Gasteiger partial charge in [0.15, 0.2) is 0 Å². The molecule has 0 spiro atoms. The quantitative estimate of drug-likeness (QED) is 0.774. The summed E-state index contributed by atoms with van der Waals surface area (Å²) in [4.78, 5) is 4.22. The number of pyridine rings is 1. The largest absolute Gasteiger partial charge is 0.384 e. The molecule has 0 aliphatic rings. The average molecular weight is 265 g/mol. The first-order chi connectivity index (χ1) is 9.66. The van der Waals surface area contributed by atoms with Gasteiger partial charge in [0.05, 0.1) is 11.4 Å². The molecule has 0 saturated carbocycles. The van der Waals surface area contributed by atoms with Crippen LogP contribution < -0.4 is 0 Å². The van der Waals surface area contributed by atoms with Crippen molar-refractivity contribution in [3.63, 3.8) is 0 Å². The van der Waals surface area contributed by atoms with Gasteiger partial charge < -0.3 is 5.11 Å². The second-order valence-electron chi connectivity index (χ2n) is 4.88. The van der Waals surface area contributed by atoms with Gasteiger partial charge in [-0.2, -0.15) is 10.2 Å². The van der Waals surface area contributed by atoms with Gasteiger partial charge in [0.2, 0.25) is 0 Å². The summed E-state index contributed by atoms with van der Waals surface area (Å²) in [6.07, 6.45) is 2.76. The number of benzene rings is 1. The number of nitrogens with zero attached hydrogens (tertiary/aromatic N) is 3. The molecule has 2 heterocycles. The second kappa shape index (κ2) is 4.98. The summed E-state index contributed by atoms with van der Waals surface area (Å²) in [5.74, 6) is 0. The van der Waals surface area contributed by atoms with Crippen LogP contribution in [-0.2, 0) is 0 Å². The third-order valence-electron chi connectivity index (χ3n) is 3.43. The molecule has 0 saturated heterocycles. The number of aliphatic hydroxyl groups is 1. The number of fused-ring (bicyclic) bond motifs is 1. The Morgan fingerprint density at radius 1 is 1.00 bits per heavy atom. The normalized spacial score (nSPS) is 12.6. The van der Waals surface area contributed by atoms with Crippen molar-refractivity contribution in [3.05, 3.63) is 65.2 Å². The van der Waals surface area contributed by atoms with E-state index in [4.69, 9.17) is 0 Å². The maximum Gasteiger partial charge on any atom is 0.108 e. The van der Waals surface area contributed by atoms with Gasteiger partial charge in [-0.05, 0) is 25.3 Å². The van der Waals surface area contributed by atoms with E-state index in [1.54, 1.807) is 12.4 Å². The van der Waals surface area contributed by atoms with Gasteiger partial charge in [-0.25, -0.2) is 0 Å². The molecule has 4 heteroatoms. The van der Waals surface area contributed by atoms with Crippen molar-refractivity contribution in [3.8, 4) is 0 Å². The first kappa shape index (κ1) is 12.7. The van der Waals surface area contributed by atoms with Gasteiger partial charge in [-0.15, -0.1) is 0 Å². The zero-order valence-corrected chi connectivity index (χ0v) is 11.4. The molecular weight excluding hydrogens is 250 g/mol. The van der Waals surface area contributed by atoms with Crippen LogP contribution in [0.4, 0.5) is 0 Å². The molecule has 0 bridgehead atoms. The van der Waals surface area contributed by atoms with E-state index >= 15 is 0 Å². The SMILES string of the molecule is Cc1cc(C(O)c2cncc3ccccc23)c(C)nn1. The van der Waals surface area contributed by atoms with E-state index in [0.717, 1.165) is 33.3 Å². The second-order valence-corrected chi connectivity index (χ2v) is 4.88. The van der Waals surface area contributed by atoms with Gasteiger partial charge in [0, 0.05) is 28.9 Å². The Hall–Kier alpha value is -2.33. The Kier molecular flexibility index (Phi) is 3.16. The predicted octanol–water partition coefficient (Wildman–Crippen LogP) is 2.72. The summed E-state index contributed by atoms with van der Waals surface area (Å²) < 4.78 is 0. The van der Waals surface area contributed by atoms with Crippen molar-refractivity contribution in [1.82, 2.24) is 15.2 Å². The molecule has 3 rings (SSSR count). The van der Waals surface area contributed by atoms with E-state index < -0.39 is 6.10 Å². The standard InChI is InChI=1S/C16H15N3O/c1-10-7-14(11(2)19-18-10)16(20)15-9-17-8-12-5-3-4-6-13(12)15/h3-9,16,20H,1-2H3. The Labute approximate surface area is 117 Å². The minimum Gasteiger partial charge on any atom is -0.384 e. The van der Waals surface area contributed by atoms with Crippen molar-refractivity contribution >= 4 is 10.8 Å². The van der Waals surface area contributed by atoms with Gasteiger partial charge >= 0.3 is 0 Å². The van der Waals surface area contributed by atoms with Crippen molar-refractivity contribution in [2.24, 2.45) is 0 Å². The van der Waals surface area contributed by atoms with Crippen LogP contribution in [0.2, 0.25) is 0 Å². The Morgan fingerprint density at radius 2 is 1.80 bits per heavy atom. The molecule has 1 atom stereocenters. The fourth-order valence-corrected chi connectivity index (χ4v) is 2.37. The minimum atomic E-state index is -0.747. The molecule has 2 aromatic heterocycles. The topological polar surface area (TPSA) is 58.9 Å². The molecule has 1 N–H and O–H groups in total. The molecule has 20 heavy (non-hydrogen) atoms. The minimum absolute atomic E-state index is 0.732. The van der Waals surface area contributed by atoms with Gasteiger partial charge in [-0.1, -0.05) is 24.3 Å². The molecule has 1 aromatic carbocycles. The molecule has 0 radical (unpaired) electrons. The Balaban J connectivity index is 2.17. The monoisotopic (exact) mass is 265 g/mol. The fourth-order valence-electron chi connectivity index (χ4n) is 2.37. The third kappa shape index (κ3) is 2.14. The fraction of sp³-hybridized carbons (Fsp3) is 0.188. The third-order valence-corrected chi connectivity index (χ3v) is 3.43. The van der Waals surface area contributed by atoms with Crippen molar-refractivity contribution < 1.29 is 5.11 Å². The van der Waals surface area contributed by atoms with E-state index in [2.05, 4.69) is 15.2 Å². The van der Waals surface area contributed by atoms with Crippen LogP contribution in [0.25, 0.3) is 10.8 Å². The molecule has 0 amide bonds. The summed E-state index contributed by atoms with van der Waals surface area (Å²) in [7, 11) is 0. The zero-order valence-electron chi connectivity index (χ0n) is 11.4. The lowest BCUT2D eigenvalue weighted by Gasteiger charge is -2.15. The Morgan fingerprint density at radius 3 is 2.65 bits per heavy atom. The van der Waals surface area contributed by atoms with E-state index in [-0.39, 0.29) is 0 Å². The summed E-state index contributed by atoms with van der Waals surface area (Å²) in [6, 6.07) is 9.77. The highest BCUT2D eigenvalue weighted by atomic mass is 16.3. The highest BCUT2D eigenvalue weighted by Crippen LogP contribution is 2.29. The Bertz CT molecular complexity index is 765. The summed E-state index contributed by atoms with van der Waals surface area (Å²) in [5.41, 5.74) is 3.09. The number of aryl methyl sites for hydroxylation is 2. The van der Waals surface area contributed by atoms with Crippen LogP contribution in [0, 0.1) is 13.8 Å². The number of aliphatic hydroxyl groups excluding tert-OH is 1. The first-order valence-corrected chi connectivity index (χ1v) is 6.48. The molecule has 0 aliphatic heterocycles. The van der Waals surface area contributed by atoms with E-state index in [1.165, 1.54) is 0 Å². The lowest BCUT2D eigenvalue weighted by Crippen LogP contribution is -2.06. The van der Waals surface area contributed by atoms with Crippen LogP contribution in [0.5, 0.6) is 0 Å². The van der Waals surface area contributed by atoms with E-state index in [0.29, 0.717) is 0 Å². The van der Waals surface area contributed by atoms with Crippen LogP contribution in [0.15, 0.2) is 42.7 Å². The number of hydrogen-bond acceptors (Lipinski definition) is 4. The zero-order chi connectivity index (χ0) is 14.1. The number of rotatable bonds is 2. The molecule has 100 valence electrons. The van der Waals surface area contributed by atoms with Crippen LogP contribution in [0.1, 0.15) is 28.6 Å². The molecule has 0 fully saturated rings. The number of hydrogen-bond donors (Lipinski definition) is 1. The smallest absolute Gasteiger partial charge is 0.108 e. The molecule has 0 aliphatic carbocycles. The highest BCUT2D eigenvalue weighted by Gasteiger charge is 2.17. The summed E-state index contributed by atoms with van der Waals surface area (Å²) in [5, 5.41) is 20.8. The highest BCUT2D eigenvalue weighted by molar-refractivity contribution is 5.85. The van der Waals surface area contributed by atoms with Crippen molar-refractivity contribution in [1.29, 1.82) is 0 Å². The molecule has 1 unspecified atom stereocenters. The van der Waals surface area contributed by atoms with Gasteiger partial charge in [-0.3, -0.25) is 4.98 Å². The first-order valence-electron chi connectivity index (χ1n) is 6.48. The van der Waals surface area contributed by atoms with Gasteiger partial charge in [0.1, 0.15) is 6.10 Å². The van der Waals surface area contributed by atoms with Crippen molar-refractivity contribution in [2.75, 3.05) is 0 Å².